The number of benzene rings is 1. The highest BCUT2D eigenvalue weighted by Crippen LogP contribution is 2.28. The molecule has 0 radical (unpaired) electrons. The number of likely N-dealkylation sites (N-methyl/N-ethyl adjacent to an activating group) is 1. The molecular weight excluding hydrogens is 450 g/mol. The van der Waals surface area contributed by atoms with Crippen molar-refractivity contribution >= 4 is 40.7 Å². The number of carbonyl (C=O) groups is 2. The van der Waals surface area contributed by atoms with E-state index in [1.807, 2.05) is 0 Å². The number of methoxy groups -OCH3 is 1. The van der Waals surface area contributed by atoms with E-state index in [2.05, 4.69) is 15.0 Å². The predicted molar refractivity (Wildman–Crippen MR) is 104 cm³/mol. The lowest BCUT2D eigenvalue weighted by Crippen LogP contribution is -2.35. The van der Waals surface area contributed by atoms with Crippen molar-refractivity contribution in [3.8, 4) is 11.6 Å². The number of pyridine rings is 1. The zero-order valence-electron chi connectivity index (χ0n) is 15.7. The summed E-state index contributed by atoms with van der Waals surface area (Å²) in [7, 11) is 2.78. The Kier molecular flexibility index (Phi) is 7.74. The normalized spacial score (nSPS) is 11.0. The van der Waals surface area contributed by atoms with Gasteiger partial charge in [-0.25, -0.2) is 4.98 Å². The summed E-state index contributed by atoms with van der Waals surface area (Å²) < 4.78 is 46.3. The molecule has 2 amide bonds. The van der Waals surface area contributed by atoms with Crippen LogP contribution in [0.4, 0.5) is 18.9 Å². The van der Waals surface area contributed by atoms with Gasteiger partial charge in [-0.15, -0.1) is 0 Å². The van der Waals surface area contributed by atoms with E-state index in [4.69, 9.17) is 27.9 Å². The lowest BCUT2D eigenvalue weighted by Gasteiger charge is -2.18. The van der Waals surface area contributed by atoms with Gasteiger partial charge in [0.05, 0.1) is 24.9 Å². The molecule has 12 heteroatoms. The topological polar surface area (TPSA) is 80.8 Å². The van der Waals surface area contributed by atoms with E-state index >= 15 is 0 Å². The molecule has 0 spiro atoms. The van der Waals surface area contributed by atoms with E-state index in [-0.39, 0.29) is 17.1 Å². The predicted octanol–water partition coefficient (Wildman–Crippen LogP) is 4.05. The molecule has 7 nitrogen and oxygen atoms in total. The second-order valence-corrected chi connectivity index (χ2v) is 6.81. The van der Waals surface area contributed by atoms with Crippen LogP contribution in [0.25, 0.3) is 0 Å². The number of halogens is 5. The molecule has 0 saturated carbocycles. The molecule has 0 aliphatic carbocycles. The molecule has 1 aromatic heterocycles. The first-order valence-electron chi connectivity index (χ1n) is 8.24. The third kappa shape index (κ3) is 6.67. The van der Waals surface area contributed by atoms with Crippen molar-refractivity contribution in [3.63, 3.8) is 0 Å². The molecule has 1 aromatic carbocycles. The van der Waals surface area contributed by atoms with Crippen LogP contribution in [0.2, 0.25) is 10.0 Å². The maximum Gasteiger partial charge on any atom is 0.422 e. The van der Waals surface area contributed by atoms with Crippen molar-refractivity contribution in [1.29, 1.82) is 0 Å². The van der Waals surface area contributed by atoms with Gasteiger partial charge >= 0.3 is 6.18 Å². The molecule has 2 rings (SSSR count). The number of carbonyl (C=O) groups excluding carboxylic acids is 2. The van der Waals surface area contributed by atoms with Crippen molar-refractivity contribution in [1.82, 2.24) is 9.88 Å². The van der Waals surface area contributed by atoms with Crippen LogP contribution in [0.1, 0.15) is 10.4 Å². The number of anilines is 1. The van der Waals surface area contributed by atoms with Crippen LogP contribution in [0.3, 0.4) is 0 Å². The molecule has 0 atom stereocenters. The lowest BCUT2D eigenvalue weighted by atomic mass is 10.2. The highest BCUT2D eigenvalue weighted by Gasteiger charge is 2.29. The number of rotatable bonds is 7. The first-order chi connectivity index (χ1) is 14.0. The van der Waals surface area contributed by atoms with Gasteiger partial charge < -0.3 is 19.7 Å². The Bertz CT molecular complexity index is 941. The Hall–Kier alpha value is -2.72. The molecule has 0 unspecified atom stereocenters. The average molecular weight is 466 g/mol. The zero-order chi connectivity index (χ0) is 22.5. The summed E-state index contributed by atoms with van der Waals surface area (Å²) in [5.74, 6) is -1.23. The van der Waals surface area contributed by atoms with E-state index in [9.17, 15) is 22.8 Å². The van der Waals surface area contributed by atoms with E-state index in [1.165, 1.54) is 20.2 Å². The minimum atomic E-state index is -4.56. The second-order valence-electron chi connectivity index (χ2n) is 5.97. The van der Waals surface area contributed by atoms with Gasteiger partial charge in [0, 0.05) is 18.3 Å². The summed E-state index contributed by atoms with van der Waals surface area (Å²) >= 11 is 11.7. The zero-order valence-corrected chi connectivity index (χ0v) is 17.2. The van der Waals surface area contributed by atoms with Crippen LogP contribution in [0, 0.1) is 0 Å². The van der Waals surface area contributed by atoms with Crippen LogP contribution < -0.4 is 14.8 Å². The minimum Gasteiger partial charge on any atom is -0.495 e. The van der Waals surface area contributed by atoms with Crippen molar-refractivity contribution in [2.45, 2.75) is 6.18 Å². The minimum absolute atomic E-state index is 0.0324. The maximum atomic E-state index is 12.5. The molecule has 1 N–H and O–H groups in total. The van der Waals surface area contributed by atoms with Crippen LogP contribution in [-0.4, -0.2) is 55.2 Å². The van der Waals surface area contributed by atoms with Gasteiger partial charge in [0.1, 0.15) is 10.8 Å². The van der Waals surface area contributed by atoms with E-state index in [0.717, 1.165) is 17.2 Å². The van der Waals surface area contributed by atoms with Crippen LogP contribution in [0.5, 0.6) is 11.6 Å². The van der Waals surface area contributed by atoms with Crippen molar-refractivity contribution in [3.05, 3.63) is 46.1 Å². The van der Waals surface area contributed by atoms with E-state index in [1.54, 1.807) is 12.1 Å². The highest BCUT2D eigenvalue weighted by atomic mass is 35.5. The Morgan fingerprint density at radius 2 is 1.93 bits per heavy atom. The largest absolute Gasteiger partial charge is 0.495 e. The van der Waals surface area contributed by atoms with E-state index in [0.29, 0.717) is 16.5 Å². The van der Waals surface area contributed by atoms with Gasteiger partial charge in [-0.2, -0.15) is 13.2 Å². The summed E-state index contributed by atoms with van der Waals surface area (Å²) in [6, 6.07) is 5.76. The van der Waals surface area contributed by atoms with Gasteiger partial charge in [-0.1, -0.05) is 23.2 Å². The fourth-order valence-corrected chi connectivity index (χ4v) is 2.67. The van der Waals surface area contributed by atoms with Crippen molar-refractivity contribution < 1.29 is 32.2 Å². The molecular formula is C18H16Cl2F3N3O4. The summed E-state index contributed by atoms with van der Waals surface area (Å²) in [6.07, 6.45) is -3.55. The SMILES string of the molecule is COc1ccc(Cl)cc1NC(=O)CN(C)C(=O)c1cnc(OCC(F)(F)F)c(Cl)c1. The summed E-state index contributed by atoms with van der Waals surface area (Å²) in [5.41, 5.74) is 0.293. The molecule has 30 heavy (non-hydrogen) atoms. The monoisotopic (exact) mass is 465 g/mol. The Labute approximate surface area is 179 Å². The first kappa shape index (κ1) is 23.6. The molecule has 0 saturated heterocycles. The lowest BCUT2D eigenvalue weighted by molar-refractivity contribution is -0.154. The average Bonchev–Trinajstić information content (AvgIpc) is 2.65. The summed E-state index contributed by atoms with van der Waals surface area (Å²) in [4.78, 5) is 29.4. The number of nitrogens with zero attached hydrogens (tertiary/aromatic N) is 2. The quantitative estimate of drug-likeness (QED) is 0.666. The fourth-order valence-electron chi connectivity index (χ4n) is 2.27. The van der Waals surface area contributed by atoms with Gasteiger partial charge in [0.25, 0.3) is 5.91 Å². The molecule has 2 aromatic rings. The van der Waals surface area contributed by atoms with Crippen LogP contribution in [-0.2, 0) is 4.79 Å². The van der Waals surface area contributed by atoms with Crippen LogP contribution in [0.15, 0.2) is 30.5 Å². The van der Waals surface area contributed by atoms with Crippen molar-refractivity contribution in [2.75, 3.05) is 32.6 Å². The number of amides is 2. The molecule has 1 heterocycles. The number of aromatic nitrogens is 1. The standard InChI is InChI=1S/C18H16Cl2F3N3O4/c1-26(8-15(27)25-13-6-11(19)3-4-14(13)29-2)17(28)10-5-12(20)16(24-7-10)30-9-18(21,22)23/h3-7H,8-9H2,1-2H3,(H,25,27). The molecule has 0 fully saturated rings. The summed E-state index contributed by atoms with van der Waals surface area (Å²) in [6.45, 7) is -1.90. The van der Waals surface area contributed by atoms with Gasteiger partial charge in [0.15, 0.2) is 6.61 Å². The smallest absolute Gasteiger partial charge is 0.422 e. The molecule has 0 bridgehead atoms. The fraction of sp³-hybridized carbons (Fsp3) is 0.278. The van der Waals surface area contributed by atoms with Gasteiger partial charge in [0.2, 0.25) is 11.8 Å². The Morgan fingerprint density at radius 1 is 1.23 bits per heavy atom. The van der Waals surface area contributed by atoms with E-state index < -0.39 is 30.5 Å². The summed E-state index contributed by atoms with van der Waals surface area (Å²) in [5, 5.41) is 2.69. The second kappa shape index (κ2) is 9.86. The Morgan fingerprint density at radius 3 is 2.53 bits per heavy atom. The highest BCUT2D eigenvalue weighted by molar-refractivity contribution is 6.32. The van der Waals surface area contributed by atoms with Crippen molar-refractivity contribution in [2.24, 2.45) is 0 Å². The number of ether oxygens (including phenoxy) is 2. The molecule has 162 valence electrons. The van der Waals surface area contributed by atoms with Gasteiger partial charge in [-0.3, -0.25) is 9.59 Å². The maximum absolute atomic E-state index is 12.5. The Balaban J connectivity index is 2.02. The third-order valence-corrected chi connectivity index (χ3v) is 4.10. The van der Waals surface area contributed by atoms with Crippen LogP contribution >= 0.6 is 23.2 Å². The number of hydrogen-bond donors (Lipinski definition) is 1. The first-order valence-corrected chi connectivity index (χ1v) is 8.99. The molecule has 0 aliphatic heterocycles. The number of alkyl halides is 3. The molecule has 0 aliphatic rings. The number of hydrogen-bond acceptors (Lipinski definition) is 5. The van der Waals surface area contributed by atoms with Gasteiger partial charge in [-0.05, 0) is 24.3 Å². The number of nitrogens with one attached hydrogen (secondary N) is 1. The third-order valence-electron chi connectivity index (χ3n) is 3.59.